The van der Waals surface area contributed by atoms with E-state index in [0.29, 0.717) is 24.0 Å². The van der Waals surface area contributed by atoms with Gasteiger partial charge < -0.3 is 4.98 Å². The van der Waals surface area contributed by atoms with Crippen LogP contribution < -0.4 is 0 Å². The van der Waals surface area contributed by atoms with Gasteiger partial charge in [0.1, 0.15) is 0 Å². The maximum absolute atomic E-state index is 10.8. The average Bonchev–Trinajstić information content (AvgIpc) is 2.56. The second kappa shape index (κ2) is 3.76. The van der Waals surface area contributed by atoms with Crippen molar-refractivity contribution in [2.75, 3.05) is 5.88 Å². The molecule has 0 aliphatic carbocycles. The number of aryl methyl sites for hydroxylation is 1. The highest BCUT2D eigenvalue weighted by molar-refractivity contribution is 6.18. The number of H-pyrrole nitrogens is 1. The fourth-order valence-electron chi connectivity index (χ4n) is 1.07. The zero-order chi connectivity index (χ0) is 12.3. The number of carbonyl (C=O) groups excluding carboxylic acids is 1. The van der Waals surface area contributed by atoms with Crippen molar-refractivity contribution in [3.05, 3.63) is 22.5 Å². The number of alkyl halides is 1. The van der Waals surface area contributed by atoms with Gasteiger partial charge in [0.05, 0.1) is 5.69 Å². The molecule has 0 spiro atoms. The molecule has 12 heavy (non-hydrogen) atoms. The Balaban J connectivity index is 3.40. The van der Waals surface area contributed by atoms with Crippen LogP contribution in [-0.2, 0) is 6.42 Å². The third-order valence-electron chi connectivity index (χ3n) is 1.68. The Morgan fingerprint density at radius 2 is 2.58 bits per heavy atom. The molecule has 1 aromatic heterocycles. The van der Waals surface area contributed by atoms with Crippen molar-refractivity contribution in [2.45, 2.75) is 20.2 Å². The lowest BCUT2D eigenvalue weighted by molar-refractivity contribution is 0.111. The fourth-order valence-corrected chi connectivity index (χ4v) is 1.26. The van der Waals surface area contributed by atoms with Crippen LogP contribution in [0.3, 0.4) is 0 Å². The predicted octanol–water partition coefficient (Wildman–Crippen LogP) is 2.23. The van der Waals surface area contributed by atoms with Gasteiger partial charge in [-0.3, -0.25) is 4.79 Å². The summed E-state index contributed by atoms with van der Waals surface area (Å²) in [6, 6.07) is 0. The molecule has 1 rings (SSSR count). The number of hydrogen-bond acceptors (Lipinski definition) is 1. The molecule has 0 saturated heterocycles. The molecule has 0 radical (unpaired) electrons. The Labute approximate surface area is 82.5 Å². The molecule has 0 aliphatic heterocycles. The first-order valence-corrected chi connectivity index (χ1v) is 4.03. The van der Waals surface area contributed by atoms with E-state index in [9.17, 15) is 4.79 Å². The molecule has 1 N–H and O–H groups in total. The molecular formula is C9H12ClNO. The summed E-state index contributed by atoms with van der Waals surface area (Å²) in [6.07, 6.45) is 0.812. The van der Waals surface area contributed by atoms with E-state index >= 15 is 0 Å². The molecule has 0 saturated carbocycles. The molecule has 2 nitrogen and oxygen atoms in total. The summed E-state index contributed by atoms with van der Waals surface area (Å²) in [7, 11) is 0. The van der Waals surface area contributed by atoms with E-state index in [1.54, 1.807) is 0 Å². The number of aromatic amines is 1. The van der Waals surface area contributed by atoms with Crippen molar-refractivity contribution in [2.24, 2.45) is 0 Å². The van der Waals surface area contributed by atoms with E-state index < -0.39 is 6.85 Å². The normalized spacial score (nSPS) is 16.1. The minimum atomic E-state index is -2.36. The molecule has 1 aromatic rings. The first kappa shape index (κ1) is 5.07. The monoisotopic (exact) mass is 189 g/mol. The molecule has 66 valence electrons. The van der Waals surface area contributed by atoms with Crippen LogP contribution in [-0.4, -0.2) is 17.2 Å². The van der Waals surface area contributed by atoms with Crippen molar-refractivity contribution >= 4 is 17.9 Å². The van der Waals surface area contributed by atoms with Crippen LogP contribution in [0.4, 0.5) is 0 Å². The van der Waals surface area contributed by atoms with Gasteiger partial charge in [-0.25, -0.2) is 0 Å². The van der Waals surface area contributed by atoms with Crippen LogP contribution in [0.15, 0.2) is 0 Å². The van der Waals surface area contributed by atoms with Gasteiger partial charge in [0.15, 0.2) is 6.29 Å². The molecular weight excluding hydrogens is 174 g/mol. The van der Waals surface area contributed by atoms with Gasteiger partial charge in [0.25, 0.3) is 0 Å². The zero-order valence-electron chi connectivity index (χ0n) is 10.5. The average molecular weight is 190 g/mol. The molecule has 0 aromatic carbocycles. The van der Waals surface area contributed by atoms with Gasteiger partial charge in [-0.15, -0.1) is 11.6 Å². The number of halogens is 1. The van der Waals surface area contributed by atoms with Gasteiger partial charge in [0, 0.05) is 17.1 Å². The first-order chi connectivity index (χ1) is 7.45. The number of hydrogen-bond donors (Lipinski definition) is 1. The number of rotatable bonds is 3. The predicted molar refractivity (Wildman–Crippen MR) is 50.1 cm³/mol. The van der Waals surface area contributed by atoms with E-state index in [1.807, 2.05) is 0 Å². The number of aldehydes is 1. The number of aromatic nitrogens is 1. The lowest BCUT2D eigenvalue weighted by Crippen LogP contribution is -1.89. The molecule has 1 heterocycles. The third kappa shape index (κ3) is 1.53. The van der Waals surface area contributed by atoms with Gasteiger partial charge in [-0.05, 0) is 31.3 Å². The Bertz CT molecular complexity index is 386. The lowest BCUT2D eigenvalue weighted by Gasteiger charge is -1.96. The van der Waals surface area contributed by atoms with Crippen LogP contribution in [0, 0.1) is 13.8 Å². The fraction of sp³-hybridized carbons (Fsp3) is 0.444. The summed E-state index contributed by atoms with van der Waals surface area (Å²) < 4.78 is 29.4. The van der Waals surface area contributed by atoms with Gasteiger partial charge >= 0.3 is 0 Å². The summed E-state index contributed by atoms with van der Waals surface area (Å²) in [5, 5.41) is 0. The van der Waals surface area contributed by atoms with Crippen LogP contribution in [0.5, 0.6) is 0 Å². The van der Waals surface area contributed by atoms with Gasteiger partial charge in [-0.2, -0.15) is 0 Å². The molecule has 0 aliphatic rings. The highest BCUT2D eigenvalue weighted by atomic mass is 35.5. The summed E-state index contributed by atoms with van der Waals surface area (Å²) in [6.45, 7) is -2.45. The molecule has 3 heteroatoms. The van der Waals surface area contributed by atoms with E-state index in [-0.39, 0.29) is 24.0 Å². The summed E-state index contributed by atoms with van der Waals surface area (Å²) in [5.74, 6) is 0.256. The Hall–Kier alpha value is -0.760. The molecule has 0 bridgehead atoms. The highest BCUT2D eigenvalue weighted by Crippen LogP contribution is 2.17. The summed E-state index contributed by atoms with van der Waals surface area (Å²) in [5.41, 5.74) is 0.966. The van der Waals surface area contributed by atoms with Crippen molar-refractivity contribution in [1.82, 2.24) is 4.98 Å². The summed E-state index contributed by atoms with van der Waals surface area (Å²) >= 11 is 5.59. The maximum atomic E-state index is 10.8. The van der Waals surface area contributed by atoms with Crippen molar-refractivity contribution in [3.8, 4) is 0 Å². The topological polar surface area (TPSA) is 32.9 Å². The van der Waals surface area contributed by atoms with Crippen LogP contribution in [0.2, 0.25) is 0 Å². The largest absolute Gasteiger partial charge is 0.356 e. The zero-order valence-corrected chi connectivity index (χ0v) is 7.24. The van der Waals surface area contributed by atoms with Crippen LogP contribution in [0.1, 0.15) is 32.8 Å². The van der Waals surface area contributed by atoms with E-state index in [4.69, 9.17) is 17.1 Å². The second-order valence-electron chi connectivity index (χ2n) is 2.43. The quantitative estimate of drug-likeness (QED) is 0.574. The van der Waals surface area contributed by atoms with Crippen LogP contribution in [0.25, 0.3) is 0 Å². The number of nitrogens with one attached hydrogen (secondary N) is 1. The highest BCUT2D eigenvalue weighted by Gasteiger charge is 2.09. The Morgan fingerprint density at radius 3 is 3.08 bits per heavy atom. The second-order valence-corrected chi connectivity index (χ2v) is 2.81. The molecule has 0 amide bonds. The van der Waals surface area contributed by atoms with E-state index in [0.717, 1.165) is 0 Å². The Kier molecular flexibility index (Phi) is 1.59. The van der Waals surface area contributed by atoms with Crippen molar-refractivity contribution < 1.29 is 10.3 Å². The maximum Gasteiger partial charge on any atom is 0.166 e. The third-order valence-corrected chi connectivity index (χ3v) is 1.87. The van der Waals surface area contributed by atoms with Crippen LogP contribution >= 0.6 is 11.6 Å². The summed E-state index contributed by atoms with van der Waals surface area (Å²) in [4.78, 5) is 13.5. The van der Waals surface area contributed by atoms with E-state index in [1.165, 1.54) is 0 Å². The minimum absolute atomic E-state index is 0.00500. The van der Waals surface area contributed by atoms with Crippen molar-refractivity contribution in [1.29, 1.82) is 0 Å². The lowest BCUT2D eigenvalue weighted by atomic mass is 10.1. The standard InChI is InChI=1S/C9H12ClNO/c1-6-8(3-4-10)7(2)11-9(6)5-12/h5,11H,3-4H2,1-2H3/i1D3,2D. The first-order valence-electron chi connectivity index (χ1n) is 5.71. The van der Waals surface area contributed by atoms with Gasteiger partial charge in [-0.1, -0.05) is 0 Å². The SMILES string of the molecule is [2H]Cc1[nH]c(C=O)c(C([2H])([2H])[2H])c1CCCl. The molecule has 0 atom stereocenters. The smallest absolute Gasteiger partial charge is 0.166 e. The number of carbonyl (C=O) groups is 1. The van der Waals surface area contributed by atoms with Gasteiger partial charge in [0.2, 0.25) is 0 Å². The molecule has 0 unspecified atom stereocenters. The minimum Gasteiger partial charge on any atom is -0.356 e. The Morgan fingerprint density at radius 1 is 1.75 bits per heavy atom. The van der Waals surface area contributed by atoms with Crippen molar-refractivity contribution in [3.63, 3.8) is 0 Å². The van der Waals surface area contributed by atoms with E-state index in [2.05, 4.69) is 4.98 Å². The molecule has 0 fully saturated rings.